The molecular formula is C23H36BNO5. The minimum absolute atomic E-state index is 0.401. The van der Waals surface area contributed by atoms with Gasteiger partial charge in [0.2, 0.25) is 0 Å². The summed E-state index contributed by atoms with van der Waals surface area (Å²) in [4.78, 5) is 12.5. The molecule has 0 bridgehead atoms. The van der Waals surface area contributed by atoms with Crippen LogP contribution in [0.3, 0.4) is 0 Å². The molecule has 2 fully saturated rings. The zero-order valence-corrected chi connectivity index (χ0v) is 19.6. The fourth-order valence-electron chi connectivity index (χ4n) is 4.12. The highest BCUT2D eigenvalue weighted by molar-refractivity contribution is 6.62. The number of nitrogens with one attached hydrogen (secondary N) is 1. The number of rotatable bonds is 4. The topological polar surface area (TPSA) is 77.0 Å². The molecular weight excluding hydrogens is 381 g/mol. The zero-order valence-electron chi connectivity index (χ0n) is 19.6. The van der Waals surface area contributed by atoms with E-state index in [0.717, 1.165) is 11.0 Å². The lowest BCUT2D eigenvalue weighted by Crippen LogP contribution is -2.63. The number of aliphatic hydroxyl groups is 1. The number of carbonyl (C=O) groups is 1. The normalized spacial score (nSPS) is 30.0. The maximum absolute atomic E-state index is 12.5. The van der Waals surface area contributed by atoms with Gasteiger partial charge in [0.05, 0.1) is 22.3 Å². The van der Waals surface area contributed by atoms with E-state index in [0.29, 0.717) is 19.3 Å². The van der Waals surface area contributed by atoms with Crippen LogP contribution in [0.25, 0.3) is 0 Å². The van der Waals surface area contributed by atoms with E-state index in [-0.39, 0.29) is 0 Å². The van der Waals surface area contributed by atoms with Crippen molar-refractivity contribution in [2.75, 3.05) is 0 Å². The molecule has 2 N–H and O–H groups in total. The molecule has 1 amide bonds. The van der Waals surface area contributed by atoms with E-state index in [1.807, 2.05) is 79.7 Å². The number of benzene rings is 1. The third-order valence-corrected chi connectivity index (χ3v) is 6.65. The summed E-state index contributed by atoms with van der Waals surface area (Å²) in [5.41, 5.74) is -0.956. The number of hydrogen-bond acceptors (Lipinski definition) is 5. The van der Waals surface area contributed by atoms with Crippen molar-refractivity contribution in [2.24, 2.45) is 0 Å². The van der Waals surface area contributed by atoms with Crippen molar-refractivity contribution in [1.29, 1.82) is 0 Å². The molecule has 1 aliphatic carbocycles. The SMILES string of the molecule is CCC1(O)CC(NC(=O)OC(C)(C)C)(c2ccc(B3OC(C)(C)C(C)(C)O3)cc2)C1. The van der Waals surface area contributed by atoms with E-state index in [1.165, 1.54) is 0 Å². The molecule has 0 spiro atoms. The Bertz CT molecular complexity index is 775. The van der Waals surface area contributed by atoms with Gasteiger partial charge in [-0.2, -0.15) is 0 Å². The first-order chi connectivity index (χ1) is 13.6. The Hall–Kier alpha value is -1.57. The summed E-state index contributed by atoms with van der Waals surface area (Å²) in [6.45, 7) is 15.6. The highest BCUT2D eigenvalue weighted by Crippen LogP contribution is 2.50. The molecule has 1 aromatic carbocycles. The predicted octanol–water partition coefficient (Wildman–Crippen LogP) is 3.64. The van der Waals surface area contributed by atoms with Gasteiger partial charge in [-0.15, -0.1) is 0 Å². The number of ether oxygens (including phenoxy) is 1. The van der Waals surface area contributed by atoms with Gasteiger partial charge in [0.1, 0.15) is 5.60 Å². The molecule has 1 saturated heterocycles. The average Bonchev–Trinajstić information content (AvgIpc) is 2.79. The van der Waals surface area contributed by atoms with Crippen molar-refractivity contribution in [3.05, 3.63) is 29.8 Å². The van der Waals surface area contributed by atoms with Crippen LogP contribution in [0.1, 0.15) is 80.2 Å². The van der Waals surface area contributed by atoms with E-state index in [1.54, 1.807) is 0 Å². The van der Waals surface area contributed by atoms with Gasteiger partial charge < -0.3 is 24.5 Å². The van der Waals surface area contributed by atoms with Gasteiger partial charge in [0.25, 0.3) is 0 Å². The Kier molecular flexibility index (Phi) is 5.58. The standard InChI is InChI=1S/C23H36BNO5/c1-9-22(27)14-23(15-22,25-18(26)28-19(2,3)4)16-10-12-17(13-11-16)24-29-20(5,6)21(7,8)30-24/h10-13,27H,9,14-15H2,1-8H3,(H,25,26). The maximum atomic E-state index is 12.5. The summed E-state index contributed by atoms with van der Waals surface area (Å²) in [6.07, 6.45) is 1.06. The van der Waals surface area contributed by atoms with Gasteiger partial charge in [-0.05, 0) is 65.9 Å². The van der Waals surface area contributed by atoms with E-state index in [4.69, 9.17) is 14.0 Å². The molecule has 1 aromatic rings. The average molecular weight is 417 g/mol. The van der Waals surface area contributed by atoms with Gasteiger partial charge in [-0.1, -0.05) is 31.2 Å². The van der Waals surface area contributed by atoms with Gasteiger partial charge >= 0.3 is 13.2 Å². The molecule has 1 aliphatic heterocycles. The Morgan fingerprint density at radius 1 is 1.10 bits per heavy atom. The highest BCUT2D eigenvalue weighted by atomic mass is 16.7. The molecule has 0 atom stereocenters. The molecule has 7 heteroatoms. The first kappa shape index (κ1) is 23.1. The number of hydrogen-bond donors (Lipinski definition) is 2. The van der Waals surface area contributed by atoms with E-state index >= 15 is 0 Å². The van der Waals surface area contributed by atoms with Crippen molar-refractivity contribution < 1.29 is 23.9 Å². The van der Waals surface area contributed by atoms with Crippen LogP contribution in [0.4, 0.5) is 4.79 Å². The fourth-order valence-corrected chi connectivity index (χ4v) is 4.12. The summed E-state index contributed by atoms with van der Waals surface area (Å²) in [5.74, 6) is 0. The summed E-state index contributed by atoms with van der Waals surface area (Å²) in [5, 5.41) is 13.7. The second-order valence-corrected chi connectivity index (χ2v) is 10.9. The van der Waals surface area contributed by atoms with Crippen LogP contribution in [0.15, 0.2) is 24.3 Å². The van der Waals surface area contributed by atoms with Crippen LogP contribution in [0.2, 0.25) is 0 Å². The Morgan fingerprint density at radius 3 is 2.03 bits per heavy atom. The van der Waals surface area contributed by atoms with Crippen LogP contribution < -0.4 is 10.8 Å². The van der Waals surface area contributed by atoms with Crippen LogP contribution in [0.5, 0.6) is 0 Å². The smallest absolute Gasteiger partial charge is 0.444 e. The second-order valence-electron chi connectivity index (χ2n) is 10.9. The minimum Gasteiger partial charge on any atom is -0.444 e. The molecule has 30 heavy (non-hydrogen) atoms. The molecule has 3 rings (SSSR count). The van der Waals surface area contributed by atoms with Gasteiger partial charge in [-0.3, -0.25) is 0 Å². The molecule has 2 aliphatic rings. The number of amides is 1. The summed E-state index contributed by atoms with van der Waals surface area (Å²) in [6, 6.07) is 7.90. The fraction of sp³-hybridized carbons (Fsp3) is 0.696. The Balaban J connectivity index is 1.81. The van der Waals surface area contributed by atoms with Crippen molar-refractivity contribution in [3.63, 3.8) is 0 Å². The third-order valence-electron chi connectivity index (χ3n) is 6.65. The largest absolute Gasteiger partial charge is 0.494 e. The van der Waals surface area contributed by atoms with E-state index < -0.39 is 41.2 Å². The summed E-state index contributed by atoms with van der Waals surface area (Å²) < 4.78 is 17.7. The third kappa shape index (κ3) is 4.39. The number of carbonyl (C=O) groups excluding carboxylic acids is 1. The molecule has 1 heterocycles. The summed E-state index contributed by atoms with van der Waals surface area (Å²) >= 11 is 0. The lowest BCUT2D eigenvalue weighted by Gasteiger charge is -2.53. The molecule has 0 unspecified atom stereocenters. The first-order valence-corrected chi connectivity index (χ1v) is 10.8. The predicted molar refractivity (Wildman–Crippen MR) is 118 cm³/mol. The molecule has 6 nitrogen and oxygen atoms in total. The monoisotopic (exact) mass is 417 g/mol. The first-order valence-electron chi connectivity index (χ1n) is 10.8. The quantitative estimate of drug-likeness (QED) is 0.732. The van der Waals surface area contributed by atoms with Crippen LogP contribution >= 0.6 is 0 Å². The Morgan fingerprint density at radius 2 is 1.60 bits per heavy atom. The lowest BCUT2D eigenvalue weighted by molar-refractivity contribution is -0.105. The maximum Gasteiger partial charge on any atom is 0.494 e. The Labute approximate surface area is 180 Å². The molecule has 166 valence electrons. The minimum atomic E-state index is -0.778. The van der Waals surface area contributed by atoms with Crippen LogP contribution in [-0.4, -0.2) is 40.7 Å². The molecule has 1 saturated carbocycles. The van der Waals surface area contributed by atoms with Crippen LogP contribution in [0, 0.1) is 0 Å². The van der Waals surface area contributed by atoms with Gasteiger partial charge in [0.15, 0.2) is 0 Å². The van der Waals surface area contributed by atoms with Crippen molar-refractivity contribution in [2.45, 2.75) is 103 Å². The van der Waals surface area contributed by atoms with Crippen LogP contribution in [-0.2, 0) is 19.6 Å². The van der Waals surface area contributed by atoms with E-state index in [9.17, 15) is 9.90 Å². The van der Waals surface area contributed by atoms with Crippen molar-refractivity contribution in [3.8, 4) is 0 Å². The zero-order chi connectivity index (χ0) is 22.6. The van der Waals surface area contributed by atoms with E-state index in [2.05, 4.69) is 5.32 Å². The lowest BCUT2D eigenvalue weighted by atomic mass is 9.60. The summed E-state index contributed by atoms with van der Waals surface area (Å²) in [7, 11) is -0.437. The molecule has 0 radical (unpaired) electrons. The van der Waals surface area contributed by atoms with Crippen molar-refractivity contribution in [1.82, 2.24) is 5.32 Å². The van der Waals surface area contributed by atoms with Gasteiger partial charge in [-0.25, -0.2) is 4.79 Å². The van der Waals surface area contributed by atoms with Crippen molar-refractivity contribution >= 4 is 18.7 Å². The molecule has 0 aromatic heterocycles. The van der Waals surface area contributed by atoms with Gasteiger partial charge in [0, 0.05) is 12.8 Å². The number of alkyl carbamates (subject to hydrolysis) is 1. The highest BCUT2D eigenvalue weighted by Gasteiger charge is 2.55. The second kappa shape index (κ2) is 7.25.